The van der Waals surface area contributed by atoms with E-state index >= 15 is 0 Å². The van der Waals surface area contributed by atoms with Gasteiger partial charge in [-0.15, -0.1) is 12.4 Å². The van der Waals surface area contributed by atoms with Gasteiger partial charge in [-0.3, -0.25) is 20.0 Å². The minimum absolute atomic E-state index is 0. The highest BCUT2D eigenvalue weighted by Gasteiger charge is 2.24. The first kappa shape index (κ1) is 20.0. The van der Waals surface area contributed by atoms with Crippen molar-refractivity contribution < 1.29 is 9.34 Å². The topological polar surface area (TPSA) is 84.4 Å². The van der Waals surface area contributed by atoms with Gasteiger partial charge in [0.05, 0.1) is 11.5 Å². The predicted octanol–water partition coefficient (Wildman–Crippen LogP) is 3.82. The van der Waals surface area contributed by atoms with E-state index in [1.807, 2.05) is 24.5 Å². The van der Waals surface area contributed by atoms with Crippen LogP contribution in [0.15, 0.2) is 65.3 Å². The standard InChI is InChI=1S/C20H20N4O3.ClH/c25-24(26)17-3-1-16(2-4-17)20-6-5-18(27-20)14-23-12-11-22-13-19(23)15-7-9-21-10-8-15;/h1-10,19,22H,11-14H2;1H. The summed E-state index contributed by atoms with van der Waals surface area (Å²) in [5, 5.41) is 14.2. The average Bonchev–Trinajstić information content (AvgIpc) is 3.18. The summed E-state index contributed by atoms with van der Waals surface area (Å²) in [5.41, 5.74) is 2.14. The Labute approximate surface area is 168 Å². The molecule has 8 heteroatoms. The van der Waals surface area contributed by atoms with Gasteiger partial charge in [0.15, 0.2) is 0 Å². The molecule has 146 valence electrons. The Hall–Kier alpha value is -2.74. The molecule has 1 N–H and O–H groups in total. The Morgan fingerprint density at radius 3 is 2.61 bits per heavy atom. The Bertz CT molecular complexity index is 915. The minimum atomic E-state index is -0.402. The molecule has 1 aliphatic heterocycles. The number of hydrogen-bond acceptors (Lipinski definition) is 6. The van der Waals surface area contributed by atoms with Gasteiger partial charge in [-0.25, -0.2) is 0 Å². The van der Waals surface area contributed by atoms with Gasteiger partial charge in [0.2, 0.25) is 0 Å². The second kappa shape index (κ2) is 8.97. The summed E-state index contributed by atoms with van der Waals surface area (Å²) in [5.74, 6) is 1.60. The lowest BCUT2D eigenvalue weighted by atomic mass is 10.0. The normalized spacial score (nSPS) is 17.1. The molecule has 1 aromatic carbocycles. The van der Waals surface area contributed by atoms with Gasteiger partial charge < -0.3 is 9.73 Å². The van der Waals surface area contributed by atoms with Crippen LogP contribution in [-0.2, 0) is 6.54 Å². The molecule has 0 radical (unpaired) electrons. The van der Waals surface area contributed by atoms with Gasteiger partial charge in [-0.05, 0) is 42.0 Å². The van der Waals surface area contributed by atoms with E-state index < -0.39 is 4.92 Å². The monoisotopic (exact) mass is 400 g/mol. The number of nitro benzene ring substituents is 1. The van der Waals surface area contributed by atoms with Crippen molar-refractivity contribution in [2.45, 2.75) is 12.6 Å². The lowest BCUT2D eigenvalue weighted by molar-refractivity contribution is -0.384. The molecule has 1 unspecified atom stereocenters. The smallest absolute Gasteiger partial charge is 0.269 e. The van der Waals surface area contributed by atoms with Crippen molar-refractivity contribution in [1.29, 1.82) is 0 Å². The van der Waals surface area contributed by atoms with Gasteiger partial charge >= 0.3 is 0 Å². The molecule has 0 amide bonds. The number of hydrogen-bond donors (Lipinski definition) is 1. The summed E-state index contributed by atoms with van der Waals surface area (Å²) in [4.78, 5) is 16.9. The fourth-order valence-electron chi connectivity index (χ4n) is 3.42. The number of rotatable bonds is 5. The van der Waals surface area contributed by atoms with E-state index in [-0.39, 0.29) is 24.1 Å². The third-order valence-corrected chi connectivity index (χ3v) is 4.83. The van der Waals surface area contributed by atoms with Crippen molar-refractivity contribution in [3.8, 4) is 11.3 Å². The lowest BCUT2D eigenvalue weighted by Gasteiger charge is -2.35. The van der Waals surface area contributed by atoms with E-state index in [1.54, 1.807) is 12.1 Å². The SMILES string of the molecule is Cl.O=[N+]([O-])c1ccc(-c2ccc(CN3CCNCC3c3ccncc3)o2)cc1. The molecule has 1 aliphatic rings. The largest absolute Gasteiger partial charge is 0.460 e. The molecular formula is C20H21ClN4O3. The van der Waals surface area contributed by atoms with E-state index in [2.05, 4.69) is 27.3 Å². The third-order valence-electron chi connectivity index (χ3n) is 4.83. The highest BCUT2D eigenvalue weighted by Crippen LogP contribution is 2.28. The molecule has 3 heterocycles. The van der Waals surface area contributed by atoms with Crippen LogP contribution in [0.25, 0.3) is 11.3 Å². The number of benzene rings is 1. The molecule has 3 aromatic rings. The maximum Gasteiger partial charge on any atom is 0.269 e. The highest BCUT2D eigenvalue weighted by molar-refractivity contribution is 5.85. The fraction of sp³-hybridized carbons (Fsp3) is 0.250. The van der Waals surface area contributed by atoms with Crippen LogP contribution in [0.2, 0.25) is 0 Å². The van der Waals surface area contributed by atoms with Gasteiger partial charge in [-0.2, -0.15) is 0 Å². The van der Waals surface area contributed by atoms with Crippen molar-refractivity contribution in [2.75, 3.05) is 19.6 Å². The van der Waals surface area contributed by atoms with E-state index in [0.29, 0.717) is 6.54 Å². The zero-order valence-corrected chi connectivity index (χ0v) is 16.0. The summed E-state index contributed by atoms with van der Waals surface area (Å²) in [6, 6.07) is 14.7. The summed E-state index contributed by atoms with van der Waals surface area (Å²) >= 11 is 0. The fourth-order valence-corrected chi connectivity index (χ4v) is 3.42. The van der Waals surface area contributed by atoms with E-state index in [0.717, 1.165) is 36.7 Å². The van der Waals surface area contributed by atoms with Gasteiger partial charge in [0, 0.05) is 55.8 Å². The molecule has 2 aromatic heterocycles. The molecule has 0 aliphatic carbocycles. The maximum atomic E-state index is 10.8. The first-order valence-corrected chi connectivity index (χ1v) is 8.89. The number of nitrogens with one attached hydrogen (secondary N) is 1. The van der Waals surface area contributed by atoms with Crippen molar-refractivity contribution in [3.05, 3.63) is 82.4 Å². The summed E-state index contributed by atoms with van der Waals surface area (Å²) in [6.45, 7) is 3.47. The Kier molecular flexibility index (Phi) is 6.41. The molecular weight excluding hydrogens is 380 g/mol. The van der Waals surface area contributed by atoms with Crippen LogP contribution in [0.3, 0.4) is 0 Å². The second-order valence-corrected chi connectivity index (χ2v) is 6.54. The van der Waals surface area contributed by atoms with Crippen molar-refractivity contribution in [2.24, 2.45) is 0 Å². The van der Waals surface area contributed by atoms with E-state index in [1.165, 1.54) is 17.7 Å². The number of piperazine rings is 1. The van der Waals surface area contributed by atoms with E-state index in [9.17, 15) is 10.1 Å². The summed E-state index contributed by atoms with van der Waals surface area (Å²) < 4.78 is 6.01. The molecule has 0 saturated carbocycles. The van der Waals surface area contributed by atoms with Crippen LogP contribution in [0, 0.1) is 10.1 Å². The number of non-ortho nitro benzene ring substituents is 1. The zero-order chi connectivity index (χ0) is 18.6. The first-order chi connectivity index (χ1) is 13.2. The number of halogens is 1. The second-order valence-electron chi connectivity index (χ2n) is 6.54. The molecule has 7 nitrogen and oxygen atoms in total. The summed E-state index contributed by atoms with van der Waals surface area (Å²) in [7, 11) is 0. The third kappa shape index (κ3) is 4.39. The highest BCUT2D eigenvalue weighted by atomic mass is 35.5. The lowest BCUT2D eigenvalue weighted by Crippen LogP contribution is -2.45. The number of furan rings is 1. The molecule has 1 fully saturated rings. The Morgan fingerprint density at radius 1 is 1.14 bits per heavy atom. The zero-order valence-electron chi connectivity index (χ0n) is 15.2. The van der Waals surface area contributed by atoms with Crippen LogP contribution in [-0.4, -0.2) is 34.4 Å². The van der Waals surface area contributed by atoms with Crippen molar-refractivity contribution >= 4 is 18.1 Å². The molecule has 0 spiro atoms. The number of aromatic nitrogens is 1. The summed E-state index contributed by atoms with van der Waals surface area (Å²) in [6.07, 6.45) is 3.64. The van der Waals surface area contributed by atoms with Crippen molar-refractivity contribution in [1.82, 2.24) is 15.2 Å². The average molecular weight is 401 g/mol. The molecule has 0 bridgehead atoms. The minimum Gasteiger partial charge on any atom is -0.460 e. The Morgan fingerprint density at radius 2 is 1.89 bits per heavy atom. The predicted molar refractivity (Wildman–Crippen MR) is 108 cm³/mol. The Balaban J connectivity index is 0.00000225. The molecule has 1 saturated heterocycles. The number of nitro groups is 1. The molecule has 4 rings (SSSR count). The quantitative estimate of drug-likeness (QED) is 0.517. The van der Waals surface area contributed by atoms with Crippen molar-refractivity contribution in [3.63, 3.8) is 0 Å². The van der Waals surface area contributed by atoms with E-state index in [4.69, 9.17) is 4.42 Å². The molecule has 28 heavy (non-hydrogen) atoms. The first-order valence-electron chi connectivity index (χ1n) is 8.89. The van der Waals surface area contributed by atoms with Crippen LogP contribution in [0.4, 0.5) is 5.69 Å². The van der Waals surface area contributed by atoms with Gasteiger partial charge in [0.1, 0.15) is 11.5 Å². The van der Waals surface area contributed by atoms with Crippen LogP contribution in [0.5, 0.6) is 0 Å². The number of nitrogens with zero attached hydrogens (tertiary/aromatic N) is 3. The molecule has 1 atom stereocenters. The number of pyridine rings is 1. The maximum absolute atomic E-state index is 10.8. The van der Waals surface area contributed by atoms with Crippen LogP contribution < -0.4 is 5.32 Å². The van der Waals surface area contributed by atoms with Gasteiger partial charge in [0.25, 0.3) is 5.69 Å². The van der Waals surface area contributed by atoms with Gasteiger partial charge in [-0.1, -0.05) is 0 Å². The van der Waals surface area contributed by atoms with Crippen LogP contribution in [0.1, 0.15) is 17.4 Å². The van der Waals surface area contributed by atoms with Crippen LogP contribution >= 0.6 is 12.4 Å².